The fourth-order valence-corrected chi connectivity index (χ4v) is 5.70. The summed E-state index contributed by atoms with van der Waals surface area (Å²) in [4.78, 5) is 38.8. The van der Waals surface area contributed by atoms with Crippen molar-refractivity contribution in [3.05, 3.63) is 75.4 Å². The van der Waals surface area contributed by atoms with Crippen molar-refractivity contribution in [1.82, 2.24) is 10.6 Å². The van der Waals surface area contributed by atoms with E-state index in [0.29, 0.717) is 41.2 Å². The van der Waals surface area contributed by atoms with Crippen molar-refractivity contribution >= 4 is 17.5 Å². The lowest BCUT2D eigenvalue weighted by molar-refractivity contribution is -0.121. The van der Waals surface area contributed by atoms with Gasteiger partial charge >= 0.3 is 0 Å². The summed E-state index contributed by atoms with van der Waals surface area (Å²) >= 11 is 0. The number of carbonyl (C=O) groups excluding carboxylic acids is 2. The standard InChI is InChI=1S/C34H41N3O7/c1-19(2)32(21-8-11-23(41-4)12-9-21)37-30(40)18-35-27-15-13-24-25(17-28(27)39)26(36-20(3)38)14-10-22-16-29(42-5)33(43-6)34(44-7)31(22)24/h8-9,11-13,15-17,19,26,32H,10,14,18H2,1-7H3,(H,35,39)(H,36,38)(H,37,40)/t26-,32?/m0/s1. The second kappa shape index (κ2) is 14.2. The molecule has 3 N–H and O–H groups in total. The summed E-state index contributed by atoms with van der Waals surface area (Å²) in [5.74, 6) is 1.82. The Morgan fingerprint density at radius 1 is 0.909 bits per heavy atom. The van der Waals surface area contributed by atoms with Crippen LogP contribution in [-0.4, -0.2) is 46.8 Å². The van der Waals surface area contributed by atoms with Crippen LogP contribution in [0.4, 0.5) is 5.69 Å². The Kier molecular flexibility index (Phi) is 10.4. The van der Waals surface area contributed by atoms with E-state index >= 15 is 0 Å². The second-order valence-electron chi connectivity index (χ2n) is 11.0. The number of hydrogen-bond acceptors (Lipinski definition) is 8. The van der Waals surface area contributed by atoms with Gasteiger partial charge in [0.25, 0.3) is 0 Å². The number of fused-ring (bicyclic) bond motifs is 3. The van der Waals surface area contributed by atoms with E-state index in [1.165, 1.54) is 20.1 Å². The van der Waals surface area contributed by atoms with Crippen molar-refractivity contribution in [3.8, 4) is 34.1 Å². The quantitative estimate of drug-likeness (QED) is 0.286. The first-order chi connectivity index (χ1) is 21.1. The normalized spacial score (nSPS) is 14.3. The van der Waals surface area contributed by atoms with Gasteiger partial charge in [-0.2, -0.15) is 0 Å². The molecule has 0 aliphatic heterocycles. The number of anilines is 1. The second-order valence-corrected chi connectivity index (χ2v) is 11.0. The Hall–Kier alpha value is -4.73. The Bertz CT molecular complexity index is 1570. The number of ether oxygens (including phenoxy) is 4. The summed E-state index contributed by atoms with van der Waals surface area (Å²) in [6.07, 6.45) is 1.15. The molecule has 10 nitrogen and oxygen atoms in total. The summed E-state index contributed by atoms with van der Waals surface area (Å²) in [5.41, 5.74) is 3.94. The number of benzene rings is 2. The van der Waals surface area contributed by atoms with Crippen molar-refractivity contribution in [3.63, 3.8) is 0 Å². The molecule has 0 spiro atoms. The van der Waals surface area contributed by atoms with Crippen LogP contribution in [-0.2, 0) is 16.0 Å². The zero-order chi connectivity index (χ0) is 32.0. The highest BCUT2D eigenvalue weighted by molar-refractivity contribution is 5.84. The molecular formula is C34H41N3O7. The minimum Gasteiger partial charge on any atom is -0.497 e. The molecule has 0 saturated carbocycles. The maximum Gasteiger partial charge on any atom is 0.239 e. The predicted octanol–water partition coefficient (Wildman–Crippen LogP) is 4.80. The molecule has 2 atom stereocenters. The van der Waals surface area contributed by atoms with Crippen molar-refractivity contribution in [2.24, 2.45) is 5.92 Å². The minimum absolute atomic E-state index is 0.108. The van der Waals surface area contributed by atoms with Crippen LogP contribution < -0.4 is 40.3 Å². The molecule has 10 heteroatoms. The van der Waals surface area contributed by atoms with E-state index in [1.54, 1.807) is 27.4 Å². The highest BCUT2D eigenvalue weighted by Crippen LogP contribution is 2.50. The summed E-state index contributed by atoms with van der Waals surface area (Å²) in [7, 11) is 6.26. The molecule has 3 aromatic rings. The third-order valence-electron chi connectivity index (χ3n) is 7.81. The average molecular weight is 604 g/mol. The molecule has 234 valence electrons. The first-order valence-corrected chi connectivity index (χ1v) is 14.6. The van der Waals surface area contributed by atoms with Gasteiger partial charge in [0.15, 0.2) is 11.5 Å². The Morgan fingerprint density at radius 2 is 1.61 bits per heavy atom. The molecule has 1 unspecified atom stereocenters. The van der Waals surface area contributed by atoms with Gasteiger partial charge in [0.2, 0.25) is 23.0 Å². The lowest BCUT2D eigenvalue weighted by Gasteiger charge is -2.23. The van der Waals surface area contributed by atoms with Crippen LogP contribution in [0.2, 0.25) is 0 Å². The van der Waals surface area contributed by atoms with Crippen LogP contribution in [0.5, 0.6) is 23.0 Å². The summed E-state index contributed by atoms with van der Waals surface area (Å²) < 4.78 is 22.3. The minimum atomic E-state index is -0.427. The molecule has 0 saturated heterocycles. The smallest absolute Gasteiger partial charge is 0.239 e. The van der Waals surface area contributed by atoms with E-state index in [-0.39, 0.29) is 41.4 Å². The largest absolute Gasteiger partial charge is 0.497 e. The van der Waals surface area contributed by atoms with Crippen LogP contribution in [0.3, 0.4) is 0 Å². The van der Waals surface area contributed by atoms with E-state index in [9.17, 15) is 14.4 Å². The van der Waals surface area contributed by atoms with Crippen LogP contribution in [0.1, 0.15) is 56.0 Å². The first kappa shape index (κ1) is 32.2. The van der Waals surface area contributed by atoms with Crippen LogP contribution >= 0.6 is 0 Å². The van der Waals surface area contributed by atoms with Gasteiger partial charge in [0, 0.05) is 12.5 Å². The zero-order valence-corrected chi connectivity index (χ0v) is 26.3. The number of methoxy groups -OCH3 is 4. The fourth-order valence-electron chi connectivity index (χ4n) is 5.70. The summed E-state index contributed by atoms with van der Waals surface area (Å²) in [6.45, 7) is 5.41. The molecule has 0 bridgehead atoms. The molecule has 0 fully saturated rings. The SMILES string of the molecule is COc1ccc(C(NC(=O)CNc2ccc3c(cc2=O)[C@@H](NC(C)=O)CCc2cc(OC)c(OC)c(OC)c2-3)C(C)C)cc1. The van der Waals surface area contributed by atoms with E-state index in [4.69, 9.17) is 18.9 Å². The van der Waals surface area contributed by atoms with Gasteiger partial charge < -0.3 is 34.9 Å². The van der Waals surface area contributed by atoms with Crippen LogP contribution in [0.25, 0.3) is 11.1 Å². The highest BCUT2D eigenvalue weighted by Gasteiger charge is 2.29. The lowest BCUT2D eigenvalue weighted by Crippen LogP contribution is -2.36. The Morgan fingerprint density at radius 3 is 2.20 bits per heavy atom. The summed E-state index contributed by atoms with van der Waals surface area (Å²) in [6, 6.07) is 13.8. The Labute approximate surface area is 258 Å². The monoisotopic (exact) mass is 603 g/mol. The van der Waals surface area contributed by atoms with E-state index in [2.05, 4.69) is 16.0 Å². The van der Waals surface area contributed by atoms with Crippen molar-refractivity contribution in [2.75, 3.05) is 40.3 Å². The molecule has 44 heavy (non-hydrogen) atoms. The fraction of sp³-hybridized carbons (Fsp3) is 0.382. The zero-order valence-electron chi connectivity index (χ0n) is 26.3. The third-order valence-corrected chi connectivity index (χ3v) is 7.81. The predicted molar refractivity (Wildman–Crippen MR) is 170 cm³/mol. The maximum atomic E-state index is 13.6. The van der Waals surface area contributed by atoms with Gasteiger partial charge in [-0.05, 0) is 71.3 Å². The number of carbonyl (C=O) groups is 2. The van der Waals surface area contributed by atoms with Crippen LogP contribution in [0.15, 0.2) is 53.3 Å². The van der Waals surface area contributed by atoms with Crippen molar-refractivity contribution in [1.29, 1.82) is 0 Å². The molecule has 1 aliphatic rings. The van der Waals surface area contributed by atoms with Gasteiger partial charge in [-0.3, -0.25) is 14.4 Å². The molecule has 4 rings (SSSR count). The van der Waals surface area contributed by atoms with Gasteiger partial charge in [-0.15, -0.1) is 0 Å². The molecule has 0 radical (unpaired) electrons. The maximum absolute atomic E-state index is 13.6. The van der Waals surface area contributed by atoms with Crippen molar-refractivity contribution < 1.29 is 28.5 Å². The van der Waals surface area contributed by atoms with Gasteiger partial charge in [0.1, 0.15) is 5.75 Å². The van der Waals surface area contributed by atoms with Crippen molar-refractivity contribution in [2.45, 2.75) is 45.7 Å². The van der Waals surface area contributed by atoms with E-state index < -0.39 is 6.04 Å². The topological polar surface area (TPSA) is 124 Å². The molecule has 2 amide bonds. The Balaban J connectivity index is 1.70. The molecular weight excluding hydrogens is 562 g/mol. The highest BCUT2D eigenvalue weighted by atomic mass is 16.5. The molecule has 1 aliphatic carbocycles. The summed E-state index contributed by atoms with van der Waals surface area (Å²) in [5, 5.41) is 9.10. The first-order valence-electron chi connectivity index (χ1n) is 14.6. The number of amides is 2. The van der Waals surface area contributed by atoms with Crippen LogP contribution in [0, 0.1) is 5.92 Å². The number of nitrogens with one attached hydrogen (secondary N) is 3. The van der Waals surface area contributed by atoms with E-state index in [0.717, 1.165) is 22.4 Å². The number of hydrogen-bond donors (Lipinski definition) is 3. The molecule has 0 aromatic heterocycles. The molecule has 3 aromatic carbocycles. The van der Waals surface area contributed by atoms with Gasteiger partial charge in [-0.25, -0.2) is 0 Å². The number of aryl methyl sites for hydroxylation is 1. The van der Waals surface area contributed by atoms with E-state index in [1.807, 2.05) is 50.2 Å². The number of rotatable bonds is 11. The molecule has 0 heterocycles. The third kappa shape index (κ3) is 6.90. The average Bonchev–Trinajstić information content (AvgIpc) is 3.25. The lowest BCUT2D eigenvalue weighted by atomic mass is 9.95. The van der Waals surface area contributed by atoms with Gasteiger partial charge in [-0.1, -0.05) is 32.0 Å². The van der Waals surface area contributed by atoms with Gasteiger partial charge in [0.05, 0.1) is 52.8 Å².